The Kier molecular flexibility index (Phi) is 2.73. The molecule has 7 heteroatoms. The van der Waals surface area contributed by atoms with E-state index in [0.29, 0.717) is 5.56 Å². The number of carbonyl (C=O) groups is 3. The third-order valence-corrected chi connectivity index (χ3v) is 2.26. The van der Waals surface area contributed by atoms with E-state index in [4.69, 9.17) is 5.73 Å². The Hall–Kier alpha value is -2.44. The van der Waals surface area contributed by atoms with E-state index in [-0.39, 0.29) is 18.9 Å². The Morgan fingerprint density at radius 2 is 2.00 bits per heavy atom. The number of aromatic nitrogens is 1. The highest BCUT2D eigenvalue weighted by Gasteiger charge is 2.27. The second-order valence-electron chi connectivity index (χ2n) is 3.60. The average molecular weight is 234 g/mol. The van der Waals surface area contributed by atoms with Gasteiger partial charge in [0.1, 0.15) is 18.9 Å². The second kappa shape index (κ2) is 4.20. The van der Waals surface area contributed by atoms with E-state index in [2.05, 4.69) is 10.3 Å². The molecule has 1 saturated heterocycles. The van der Waals surface area contributed by atoms with Gasteiger partial charge in [-0.3, -0.25) is 19.7 Å². The van der Waals surface area contributed by atoms with Crippen LogP contribution in [0.15, 0.2) is 18.3 Å². The zero-order valence-corrected chi connectivity index (χ0v) is 8.84. The maximum atomic E-state index is 12.0. The van der Waals surface area contributed by atoms with Gasteiger partial charge in [0, 0.05) is 11.8 Å². The molecule has 88 valence electrons. The van der Waals surface area contributed by atoms with Gasteiger partial charge in [0.2, 0.25) is 11.8 Å². The minimum absolute atomic E-state index is 0.132. The Bertz CT molecular complexity index is 484. The third kappa shape index (κ3) is 2.39. The smallest absolute Gasteiger partial charge is 0.254 e. The Labute approximate surface area is 96.6 Å². The number of pyridine rings is 1. The Balaban J connectivity index is 2.20. The summed E-state index contributed by atoms with van der Waals surface area (Å²) in [5.74, 6) is -1.18. The van der Waals surface area contributed by atoms with Crippen molar-refractivity contribution < 1.29 is 14.4 Å². The van der Waals surface area contributed by atoms with E-state index in [1.54, 1.807) is 0 Å². The summed E-state index contributed by atoms with van der Waals surface area (Å²) in [4.78, 5) is 39.1. The summed E-state index contributed by atoms with van der Waals surface area (Å²) in [6.07, 6.45) is 1.40. The van der Waals surface area contributed by atoms with Crippen LogP contribution in [-0.4, -0.2) is 40.7 Å². The fourth-order valence-corrected chi connectivity index (χ4v) is 1.54. The number of nitrogen functional groups attached to an aromatic ring is 1. The van der Waals surface area contributed by atoms with Gasteiger partial charge in [-0.2, -0.15) is 0 Å². The van der Waals surface area contributed by atoms with Crippen LogP contribution in [0.3, 0.4) is 0 Å². The molecule has 7 nitrogen and oxygen atoms in total. The topological polar surface area (TPSA) is 105 Å². The summed E-state index contributed by atoms with van der Waals surface area (Å²) in [7, 11) is 0. The summed E-state index contributed by atoms with van der Waals surface area (Å²) >= 11 is 0. The van der Waals surface area contributed by atoms with Crippen molar-refractivity contribution in [2.45, 2.75) is 0 Å². The molecule has 2 rings (SSSR count). The minimum atomic E-state index is -0.489. The predicted molar refractivity (Wildman–Crippen MR) is 57.7 cm³/mol. The van der Waals surface area contributed by atoms with Gasteiger partial charge < -0.3 is 10.6 Å². The van der Waals surface area contributed by atoms with Crippen LogP contribution in [0.2, 0.25) is 0 Å². The SMILES string of the molecule is Nc1cc(C(=O)N2CC(=O)NC(=O)C2)ccn1. The fourth-order valence-electron chi connectivity index (χ4n) is 1.54. The number of carbonyl (C=O) groups excluding carboxylic acids is 3. The standard InChI is InChI=1S/C10H10N4O3/c11-7-3-6(1-2-12-7)10(17)14-4-8(15)13-9(16)5-14/h1-3H,4-5H2,(H2,11,12)(H,13,15,16). The van der Waals surface area contributed by atoms with Gasteiger partial charge in [-0.1, -0.05) is 0 Å². The molecule has 0 saturated carbocycles. The van der Waals surface area contributed by atoms with Crippen molar-refractivity contribution in [2.75, 3.05) is 18.8 Å². The number of imide groups is 1. The van der Waals surface area contributed by atoms with Gasteiger partial charge in [0.15, 0.2) is 0 Å². The quantitative estimate of drug-likeness (QED) is 0.591. The molecule has 0 spiro atoms. The highest BCUT2D eigenvalue weighted by molar-refractivity contribution is 6.05. The van der Waals surface area contributed by atoms with Crippen molar-refractivity contribution in [1.82, 2.24) is 15.2 Å². The summed E-state index contributed by atoms with van der Waals surface area (Å²) in [6.45, 7) is -0.264. The summed E-state index contributed by atoms with van der Waals surface area (Å²) in [5.41, 5.74) is 5.76. The van der Waals surface area contributed by atoms with Gasteiger partial charge in [-0.05, 0) is 12.1 Å². The Morgan fingerprint density at radius 1 is 1.35 bits per heavy atom. The molecule has 1 aromatic heterocycles. The van der Waals surface area contributed by atoms with Gasteiger partial charge in [0.05, 0.1) is 0 Å². The maximum Gasteiger partial charge on any atom is 0.254 e. The van der Waals surface area contributed by atoms with Crippen molar-refractivity contribution >= 4 is 23.5 Å². The Morgan fingerprint density at radius 3 is 2.59 bits per heavy atom. The van der Waals surface area contributed by atoms with E-state index < -0.39 is 17.7 Å². The number of nitrogens with two attached hydrogens (primary N) is 1. The fraction of sp³-hybridized carbons (Fsp3) is 0.200. The van der Waals surface area contributed by atoms with Gasteiger partial charge in [-0.25, -0.2) is 4.98 Å². The molecular weight excluding hydrogens is 224 g/mol. The number of nitrogens with zero attached hydrogens (tertiary/aromatic N) is 2. The highest BCUT2D eigenvalue weighted by Crippen LogP contribution is 2.08. The lowest BCUT2D eigenvalue weighted by Gasteiger charge is -2.25. The average Bonchev–Trinajstić information content (AvgIpc) is 2.26. The molecule has 0 atom stereocenters. The first-order valence-electron chi connectivity index (χ1n) is 4.90. The third-order valence-electron chi connectivity index (χ3n) is 2.26. The van der Waals surface area contributed by atoms with Crippen LogP contribution in [0.4, 0.5) is 5.82 Å². The molecule has 17 heavy (non-hydrogen) atoms. The van der Waals surface area contributed by atoms with E-state index in [1.165, 1.54) is 18.3 Å². The number of hydrogen-bond acceptors (Lipinski definition) is 5. The van der Waals surface area contributed by atoms with Crippen molar-refractivity contribution in [3.8, 4) is 0 Å². The van der Waals surface area contributed by atoms with Crippen molar-refractivity contribution in [3.63, 3.8) is 0 Å². The normalized spacial score (nSPS) is 15.6. The van der Waals surface area contributed by atoms with Gasteiger partial charge in [-0.15, -0.1) is 0 Å². The molecule has 0 aliphatic carbocycles. The lowest BCUT2D eigenvalue weighted by Crippen LogP contribution is -2.53. The van der Waals surface area contributed by atoms with Gasteiger partial charge >= 0.3 is 0 Å². The van der Waals surface area contributed by atoms with Crippen molar-refractivity contribution in [3.05, 3.63) is 23.9 Å². The molecule has 3 amide bonds. The number of rotatable bonds is 1. The first kappa shape index (κ1) is 11.1. The van der Waals surface area contributed by atoms with Crippen LogP contribution in [-0.2, 0) is 9.59 Å². The van der Waals surface area contributed by atoms with E-state index in [9.17, 15) is 14.4 Å². The molecule has 1 fully saturated rings. The first-order chi connectivity index (χ1) is 8.06. The predicted octanol–water partition coefficient (Wildman–Crippen LogP) is -1.24. The zero-order valence-electron chi connectivity index (χ0n) is 8.84. The zero-order chi connectivity index (χ0) is 12.4. The number of piperazine rings is 1. The molecule has 0 radical (unpaired) electrons. The number of anilines is 1. The second-order valence-corrected chi connectivity index (χ2v) is 3.60. The van der Waals surface area contributed by atoms with Crippen LogP contribution in [0.1, 0.15) is 10.4 Å². The summed E-state index contributed by atoms with van der Waals surface area (Å²) < 4.78 is 0. The van der Waals surface area contributed by atoms with Crippen LogP contribution in [0, 0.1) is 0 Å². The monoisotopic (exact) mass is 234 g/mol. The van der Waals surface area contributed by atoms with Crippen LogP contribution in [0.5, 0.6) is 0 Å². The van der Waals surface area contributed by atoms with E-state index in [1.807, 2.05) is 0 Å². The number of hydrogen-bond donors (Lipinski definition) is 2. The lowest BCUT2D eigenvalue weighted by molar-refractivity contribution is -0.135. The van der Waals surface area contributed by atoms with Crippen molar-refractivity contribution in [1.29, 1.82) is 0 Å². The minimum Gasteiger partial charge on any atom is -0.384 e. The summed E-state index contributed by atoms with van der Waals surface area (Å²) in [6, 6.07) is 2.88. The summed E-state index contributed by atoms with van der Waals surface area (Å²) in [5, 5.41) is 2.12. The first-order valence-corrected chi connectivity index (χ1v) is 4.90. The molecule has 3 N–H and O–H groups in total. The highest BCUT2D eigenvalue weighted by atomic mass is 16.2. The van der Waals surface area contributed by atoms with E-state index in [0.717, 1.165) is 4.90 Å². The molecule has 1 aliphatic heterocycles. The maximum absolute atomic E-state index is 12.0. The molecule has 1 aliphatic rings. The van der Waals surface area contributed by atoms with E-state index >= 15 is 0 Å². The molecular formula is C10H10N4O3. The molecule has 0 bridgehead atoms. The molecule has 0 unspecified atom stereocenters. The van der Waals surface area contributed by atoms with Crippen LogP contribution < -0.4 is 11.1 Å². The lowest BCUT2D eigenvalue weighted by atomic mass is 10.2. The van der Waals surface area contributed by atoms with Crippen molar-refractivity contribution in [2.24, 2.45) is 0 Å². The largest absolute Gasteiger partial charge is 0.384 e. The van der Waals surface area contributed by atoms with Gasteiger partial charge in [0.25, 0.3) is 5.91 Å². The van der Waals surface area contributed by atoms with Crippen LogP contribution in [0.25, 0.3) is 0 Å². The number of nitrogens with one attached hydrogen (secondary N) is 1. The molecule has 0 aromatic carbocycles. The molecule has 1 aromatic rings. The number of amides is 3. The molecule has 2 heterocycles. The van der Waals surface area contributed by atoms with Crippen LogP contribution >= 0.6 is 0 Å².